The lowest BCUT2D eigenvalue weighted by atomic mass is 9.91. The Kier molecular flexibility index (Phi) is 6.44. The van der Waals surface area contributed by atoms with Crippen LogP contribution in [0.1, 0.15) is 45.4 Å². The monoisotopic (exact) mass is 262 g/mol. The van der Waals surface area contributed by atoms with E-state index in [9.17, 15) is 8.42 Å². The van der Waals surface area contributed by atoms with Crippen LogP contribution in [0.2, 0.25) is 0 Å². The van der Waals surface area contributed by atoms with Crippen molar-refractivity contribution in [2.75, 3.05) is 25.4 Å². The highest BCUT2D eigenvalue weighted by Crippen LogP contribution is 2.25. The summed E-state index contributed by atoms with van der Waals surface area (Å²) in [6.45, 7) is 3.58. The van der Waals surface area contributed by atoms with E-state index < -0.39 is 10.0 Å². The van der Waals surface area contributed by atoms with E-state index in [0.717, 1.165) is 19.3 Å². The highest BCUT2D eigenvalue weighted by atomic mass is 32.2. The number of rotatable bonds is 7. The van der Waals surface area contributed by atoms with Gasteiger partial charge in [0.25, 0.3) is 0 Å². The van der Waals surface area contributed by atoms with Gasteiger partial charge >= 0.3 is 0 Å². The van der Waals surface area contributed by atoms with Crippen molar-refractivity contribution in [1.82, 2.24) is 4.31 Å². The van der Waals surface area contributed by atoms with Gasteiger partial charge in [-0.2, -0.15) is 0 Å². The van der Waals surface area contributed by atoms with Crippen molar-refractivity contribution in [1.29, 1.82) is 0 Å². The van der Waals surface area contributed by atoms with Gasteiger partial charge < -0.3 is 5.73 Å². The normalized spacial score (nSPS) is 18.8. The Bertz CT molecular complexity index is 298. The first-order valence-electron chi connectivity index (χ1n) is 6.78. The van der Waals surface area contributed by atoms with Crippen LogP contribution < -0.4 is 5.73 Å². The summed E-state index contributed by atoms with van der Waals surface area (Å²) < 4.78 is 26.0. The molecule has 1 fully saturated rings. The van der Waals surface area contributed by atoms with E-state index >= 15 is 0 Å². The average molecular weight is 262 g/mol. The van der Waals surface area contributed by atoms with Gasteiger partial charge in [-0.25, -0.2) is 12.7 Å². The zero-order valence-corrected chi connectivity index (χ0v) is 11.7. The summed E-state index contributed by atoms with van der Waals surface area (Å²) in [4.78, 5) is 0. The summed E-state index contributed by atoms with van der Waals surface area (Å²) in [5.41, 5.74) is 5.44. The molecule has 102 valence electrons. The summed E-state index contributed by atoms with van der Waals surface area (Å²) in [7, 11) is -3.07. The molecule has 17 heavy (non-hydrogen) atoms. The third kappa shape index (κ3) is 4.94. The fourth-order valence-electron chi connectivity index (χ4n) is 2.52. The smallest absolute Gasteiger partial charge is 0.214 e. The molecule has 0 aromatic heterocycles. The summed E-state index contributed by atoms with van der Waals surface area (Å²) in [6.07, 6.45) is 6.55. The second-order valence-corrected chi connectivity index (χ2v) is 6.93. The molecule has 4 nitrogen and oxygen atoms in total. The van der Waals surface area contributed by atoms with Gasteiger partial charge in [-0.05, 0) is 31.7 Å². The van der Waals surface area contributed by atoms with Gasteiger partial charge in [0.2, 0.25) is 10.0 Å². The predicted molar refractivity (Wildman–Crippen MR) is 71.3 cm³/mol. The fraction of sp³-hybridized carbons (Fsp3) is 1.00. The first kappa shape index (κ1) is 14.9. The largest absolute Gasteiger partial charge is 0.330 e. The van der Waals surface area contributed by atoms with Crippen LogP contribution >= 0.6 is 0 Å². The van der Waals surface area contributed by atoms with E-state index in [4.69, 9.17) is 5.73 Å². The van der Waals surface area contributed by atoms with E-state index in [1.165, 1.54) is 19.3 Å². The van der Waals surface area contributed by atoms with E-state index in [1.54, 1.807) is 4.31 Å². The van der Waals surface area contributed by atoms with Crippen LogP contribution in [0.15, 0.2) is 0 Å². The number of nitrogens with two attached hydrogens (primary N) is 1. The van der Waals surface area contributed by atoms with Crippen LogP contribution in [0.4, 0.5) is 0 Å². The lowest BCUT2D eigenvalue weighted by Gasteiger charge is -2.26. The second-order valence-electron chi connectivity index (χ2n) is 4.92. The van der Waals surface area contributed by atoms with Gasteiger partial charge in [0.05, 0.1) is 5.75 Å². The predicted octanol–water partition coefficient (Wildman–Crippen LogP) is 1.57. The molecule has 0 aromatic rings. The Morgan fingerprint density at radius 2 is 1.88 bits per heavy atom. The molecule has 1 rings (SSSR count). The lowest BCUT2D eigenvalue weighted by molar-refractivity contribution is 0.368. The highest BCUT2D eigenvalue weighted by molar-refractivity contribution is 7.89. The molecule has 5 heteroatoms. The van der Waals surface area contributed by atoms with Crippen molar-refractivity contribution >= 4 is 10.0 Å². The maximum atomic E-state index is 12.2. The zero-order chi connectivity index (χ0) is 12.7. The molecule has 1 aliphatic carbocycles. The molecule has 0 radical (unpaired) electrons. The molecule has 0 unspecified atom stereocenters. The van der Waals surface area contributed by atoms with E-state index in [-0.39, 0.29) is 0 Å². The van der Waals surface area contributed by atoms with Crippen molar-refractivity contribution in [3.63, 3.8) is 0 Å². The molecule has 0 saturated heterocycles. The minimum absolute atomic E-state index is 0.339. The Morgan fingerprint density at radius 1 is 1.24 bits per heavy atom. The Hall–Kier alpha value is -0.130. The first-order valence-corrected chi connectivity index (χ1v) is 8.39. The van der Waals surface area contributed by atoms with Gasteiger partial charge in [0.15, 0.2) is 0 Å². The van der Waals surface area contributed by atoms with Crippen molar-refractivity contribution in [2.45, 2.75) is 45.4 Å². The Morgan fingerprint density at radius 3 is 2.41 bits per heavy atom. The molecule has 0 aromatic carbocycles. The fourth-order valence-corrected chi connectivity index (χ4v) is 4.46. The summed E-state index contributed by atoms with van der Waals surface area (Å²) in [5, 5.41) is 0. The minimum Gasteiger partial charge on any atom is -0.330 e. The maximum Gasteiger partial charge on any atom is 0.214 e. The molecule has 0 aliphatic heterocycles. The van der Waals surface area contributed by atoms with Crippen LogP contribution in [0.25, 0.3) is 0 Å². The molecule has 0 spiro atoms. The molecule has 0 bridgehead atoms. The van der Waals surface area contributed by atoms with Crippen molar-refractivity contribution in [3.05, 3.63) is 0 Å². The molecule has 1 saturated carbocycles. The molecular weight excluding hydrogens is 236 g/mol. The van der Waals surface area contributed by atoms with Crippen LogP contribution in [-0.4, -0.2) is 38.1 Å². The molecular formula is C12H26N2O2S. The number of sulfonamides is 1. The van der Waals surface area contributed by atoms with Gasteiger partial charge in [-0.15, -0.1) is 0 Å². The lowest BCUT2D eigenvalue weighted by Crippen LogP contribution is -2.37. The van der Waals surface area contributed by atoms with E-state index in [2.05, 4.69) is 0 Å². The molecule has 0 atom stereocenters. The minimum atomic E-state index is -3.07. The Labute approximate surface area is 106 Å². The maximum absolute atomic E-state index is 12.2. The van der Waals surface area contributed by atoms with Crippen molar-refractivity contribution in [2.24, 2.45) is 11.7 Å². The molecule has 0 amide bonds. The van der Waals surface area contributed by atoms with Crippen molar-refractivity contribution in [3.8, 4) is 0 Å². The van der Waals surface area contributed by atoms with E-state index in [1.807, 2.05) is 6.92 Å². The first-order chi connectivity index (χ1) is 8.10. The van der Waals surface area contributed by atoms with Gasteiger partial charge in [-0.1, -0.05) is 26.2 Å². The summed E-state index contributed by atoms with van der Waals surface area (Å²) >= 11 is 0. The topological polar surface area (TPSA) is 63.4 Å². The van der Waals surface area contributed by atoms with Crippen molar-refractivity contribution < 1.29 is 8.42 Å². The summed E-state index contributed by atoms with van der Waals surface area (Å²) in [6, 6.07) is 0. The number of hydrogen-bond acceptors (Lipinski definition) is 3. The average Bonchev–Trinajstić information content (AvgIpc) is 2.30. The molecule has 0 heterocycles. The molecule has 1 aliphatic rings. The number of hydrogen-bond donors (Lipinski definition) is 1. The highest BCUT2D eigenvalue weighted by Gasteiger charge is 2.25. The van der Waals surface area contributed by atoms with Gasteiger partial charge in [-0.3, -0.25) is 0 Å². The van der Waals surface area contributed by atoms with Gasteiger partial charge in [0, 0.05) is 13.1 Å². The standard InChI is InChI=1S/C12H26N2O2S/c1-2-14(10-6-9-13)17(15,16)11-12-7-4-3-5-8-12/h12H,2-11,13H2,1H3. The van der Waals surface area contributed by atoms with Crippen LogP contribution in [-0.2, 0) is 10.0 Å². The second kappa shape index (κ2) is 7.34. The third-order valence-electron chi connectivity index (χ3n) is 3.53. The van der Waals surface area contributed by atoms with E-state index in [0.29, 0.717) is 31.3 Å². The SMILES string of the molecule is CCN(CCCN)S(=O)(=O)CC1CCCCC1. The number of nitrogens with zero attached hydrogens (tertiary/aromatic N) is 1. The van der Waals surface area contributed by atoms with Crippen LogP contribution in [0.5, 0.6) is 0 Å². The van der Waals surface area contributed by atoms with Crippen LogP contribution in [0, 0.1) is 5.92 Å². The third-order valence-corrected chi connectivity index (χ3v) is 5.65. The van der Waals surface area contributed by atoms with Crippen LogP contribution in [0.3, 0.4) is 0 Å². The quantitative estimate of drug-likeness (QED) is 0.757. The molecule has 2 N–H and O–H groups in total. The summed E-state index contributed by atoms with van der Waals surface area (Å²) in [5.74, 6) is 0.714. The zero-order valence-electron chi connectivity index (χ0n) is 10.9. The Balaban J connectivity index is 2.51. The van der Waals surface area contributed by atoms with Gasteiger partial charge in [0.1, 0.15) is 0 Å².